The molecule has 2 atom stereocenters. The van der Waals surface area contributed by atoms with Gasteiger partial charge in [0.15, 0.2) is 0 Å². The van der Waals surface area contributed by atoms with E-state index in [9.17, 15) is 5.11 Å². The van der Waals surface area contributed by atoms with Gasteiger partial charge in [-0.2, -0.15) is 0 Å². The molecule has 112 valence electrons. The van der Waals surface area contributed by atoms with E-state index in [4.69, 9.17) is 4.42 Å². The van der Waals surface area contributed by atoms with Crippen LogP contribution in [0.5, 0.6) is 0 Å². The molecule has 0 amide bonds. The van der Waals surface area contributed by atoms with Crippen LogP contribution >= 0.6 is 0 Å². The molecule has 1 aromatic carbocycles. The van der Waals surface area contributed by atoms with Crippen molar-refractivity contribution in [2.45, 2.75) is 50.8 Å². The van der Waals surface area contributed by atoms with Gasteiger partial charge in [-0.3, -0.25) is 0 Å². The molecule has 0 radical (unpaired) electrons. The van der Waals surface area contributed by atoms with Gasteiger partial charge in [-0.25, -0.2) is 0 Å². The number of hydrogen-bond donors (Lipinski definition) is 2. The maximum atomic E-state index is 10.1. The Morgan fingerprint density at radius 2 is 1.90 bits per heavy atom. The van der Waals surface area contributed by atoms with Crippen molar-refractivity contribution < 1.29 is 9.52 Å². The summed E-state index contributed by atoms with van der Waals surface area (Å²) in [7, 11) is 0. The van der Waals surface area contributed by atoms with E-state index in [2.05, 4.69) is 15.5 Å². The minimum Gasteiger partial charge on any atom is -0.419 e. The summed E-state index contributed by atoms with van der Waals surface area (Å²) in [6.45, 7) is 0.502. The fourth-order valence-electron chi connectivity index (χ4n) is 2.77. The van der Waals surface area contributed by atoms with Crippen molar-refractivity contribution in [3.8, 4) is 11.5 Å². The zero-order valence-corrected chi connectivity index (χ0v) is 12.0. The average molecular weight is 287 g/mol. The first kappa shape index (κ1) is 14.2. The van der Waals surface area contributed by atoms with Crippen molar-refractivity contribution in [1.82, 2.24) is 15.5 Å². The van der Waals surface area contributed by atoms with Crippen molar-refractivity contribution >= 4 is 0 Å². The van der Waals surface area contributed by atoms with Gasteiger partial charge >= 0.3 is 0 Å². The van der Waals surface area contributed by atoms with E-state index in [0.29, 0.717) is 18.3 Å². The van der Waals surface area contributed by atoms with Crippen molar-refractivity contribution in [2.75, 3.05) is 0 Å². The van der Waals surface area contributed by atoms with Crippen LogP contribution in [0, 0.1) is 0 Å². The van der Waals surface area contributed by atoms with Gasteiger partial charge in [-0.1, -0.05) is 37.5 Å². The predicted octanol–water partition coefficient (Wildman–Crippen LogP) is 2.52. The molecule has 2 unspecified atom stereocenters. The van der Waals surface area contributed by atoms with Crippen LogP contribution in [0.15, 0.2) is 34.7 Å². The molecule has 0 aliphatic heterocycles. The predicted molar refractivity (Wildman–Crippen MR) is 79.5 cm³/mol. The second-order valence-electron chi connectivity index (χ2n) is 5.56. The van der Waals surface area contributed by atoms with Gasteiger partial charge in [0.05, 0.1) is 12.6 Å². The van der Waals surface area contributed by atoms with E-state index < -0.39 is 0 Å². The lowest BCUT2D eigenvalue weighted by molar-refractivity contribution is 0.118. The average Bonchev–Trinajstić information content (AvgIpc) is 2.90. The standard InChI is InChI=1S/C16H21N3O2/c20-14-10-6-2-5-9-13(14)17-11-15-18-19-16(21-15)12-7-3-1-4-8-12/h1,3-4,7-8,13-14,17,20H,2,5-6,9-11H2. The first-order valence-corrected chi connectivity index (χ1v) is 7.62. The summed E-state index contributed by atoms with van der Waals surface area (Å²) in [4.78, 5) is 0. The molecule has 0 bridgehead atoms. The van der Waals surface area contributed by atoms with Gasteiger partial charge in [-0.05, 0) is 25.0 Å². The zero-order valence-electron chi connectivity index (χ0n) is 12.0. The number of hydrogen-bond acceptors (Lipinski definition) is 5. The summed E-state index contributed by atoms with van der Waals surface area (Å²) in [5.41, 5.74) is 0.922. The van der Waals surface area contributed by atoms with Crippen molar-refractivity contribution in [3.63, 3.8) is 0 Å². The molecule has 2 aromatic rings. The molecule has 2 N–H and O–H groups in total. The Morgan fingerprint density at radius 3 is 2.76 bits per heavy atom. The molecule has 1 saturated carbocycles. The highest BCUT2D eigenvalue weighted by atomic mass is 16.4. The van der Waals surface area contributed by atoms with Crippen LogP contribution in [-0.2, 0) is 6.54 Å². The van der Waals surface area contributed by atoms with Gasteiger partial charge in [0.25, 0.3) is 0 Å². The number of nitrogens with zero attached hydrogens (tertiary/aromatic N) is 2. The maximum Gasteiger partial charge on any atom is 0.247 e. The second-order valence-corrected chi connectivity index (χ2v) is 5.56. The summed E-state index contributed by atoms with van der Waals surface area (Å²) in [5.74, 6) is 1.10. The molecule has 1 aliphatic carbocycles. The summed E-state index contributed by atoms with van der Waals surface area (Å²) < 4.78 is 5.66. The number of benzene rings is 1. The third-order valence-electron chi connectivity index (χ3n) is 3.98. The third-order valence-corrected chi connectivity index (χ3v) is 3.98. The first-order valence-electron chi connectivity index (χ1n) is 7.62. The highest BCUT2D eigenvalue weighted by molar-refractivity contribution is 5.51. The van der Waals surface area contributed by atoms with Crippen molar-refractivity contribution in [1.29, 1.82) is 0 Å². The summed E-state index contributed by atoms with van der Waals surface area (Å²) in [6, 6.07) is 9.85. The van der Waals surface area contributed by atoms with Crippen LogP contribution in [0.4, 0.5) is 0 Å². The lowest BCUT2D eigenvalue weighted by Crippen LogP contribution is -2.38. The Labute approximate surface area is 124 Å². The molecule has 1 heterocycles. The molecular formula is C16H21N3O2. The first-order chi connectivity index (χ1) is 10.3. The minimum atomic E-state index is -0.274. The van der Waals surface area contributed by atoms with Gasteiger partial charge < -0.3 is 14.8 Å². The molecule has 1 fully saturated rings. The Morgan fingerprint density at radius 1 is 1.10 bits per heavy atom. The number of aliphatic hydroxyl groups excluding tert-OH is 1. The maximum absolute atomic E-state index is 10.1. The van der Waals surface area contributed by atoms with E-state index in [-0.39, 0.29) is 12.1 Å². The number of aromatic nitrogens is 2. The highest BCUT2D eigenvalue weighted by Gasteiger charge is 2.21. The monoisotopic (exact) mass is 287 g/mol. The van der Waals surface area contributed by atoms with Crippen LogP contribution in [-0.4, -0.2) is 27.4 Å². The highest BCUT2D eigenvalue weighted by Crippen LogP contribution is 2.19. The number of aliphatic hydroxyl groups is 1. The smallest absolute Gasteiger partial charge is 0.247 e. The van der Waals surface area contributed by atoms with Crippen LogP contribution in [0.2, 0.25) is 0 Å². The molecule has 5 heteroatoms. The molecule has 0 saturated heterocycles. The lowest BCUT2D eigenvalue weighted by atomic mass is 10.1. The largest absolute Gasteiger partial charge is 0.419 e. The van der Waals surface area contributed by atoms with Gasteiger partial charge in [0.1, 0.15) is 0 Å². The molecule has 21 heavy (non-hydrogen) atoms. The van der Waals surface area contributed by atoms with E-state index in [0.717, 1.165) is 31.2 Å². The Bertz CT molecular complexity index is 556. The van der Waals surface area contributed by atoms with Gasteiger partial charge in [0.2, 0.25) is 11.8 Å². The third kappa shape index (κ3) is 3.68. The van der Waals surface area contributed by atoms with E-state index >= 15 is 0 Å². The zero-order chi connectivity index (χ0) is 14.5. The SMILES string of the molecule is OC1CCCCCC1NCc1nnc(-c2ccccc2)o1. The Balaban J connectivity index is 1.60. The molecule has 1 aromatic heterocycles. The molecule has 0 spiro atoms. The van der Waals surface area contributed by atoms with Crippen LogP contribution in [0.3, 0.4) is 0 Å². The fourth-order valence-corrected chi connectivity index (χ4v) is 2.77. The van der Waals surface area contributed by atoms with Crippen LogP contribution < -0.4 is 5.32 Å². The molecule has 1 aliphatic rings. The number of rotatable bonds is 4. The van der Waals surface area contributed by atoms with E-state index in [1.165, 1.54) is 6.42 Å². The lowest BCUT2D eigenvalue weighted by Gasteiger charge is -2.20. The number of nitrogens with one attached hydrogen (secondary N) is 1. The molecular weight excluding hydrogens is 266 g/mol. The normalized spacial score (nSPS) is 22.9. The van der Waals surface area contributed by atoms with Gasteiger partial charge in [0, 0.05) is 11.6 Å². The molecule has 3 rings (SSSR count). The molecule has 5 nitrogen and oxygen atoms in total. The van der Waals surface area contributed by atoms with Crippen LogP contribution in [0.25, 0.3) is 11.5 Å². The Hall–Kier alpha value is -1.72. The quantitative estimate of drug-likeness (QED) is 0.845. The van der Waals surface area contributed by atoms with Crippen LogP contribution in [0.1, 0.15) is 38.0 Å². The van der Waals surface area contributed by atoms with Crippen molar-refractivity contribution in [2.24, 2.45) is 0 Å². The van der Waals surface area contributed by atoms with E-state index in [1.54, 1.807) is 0 Å². The van der Waals surface area contributed by atoms with E-state index in [1.807, 2.05) is 30.3 Å². The fraction of sp³-hybridized carbons (Fsp3) is 0.500. The Kier molecular flexibility index (Phi) is 4.62. The second kappa shape index (κ2) is 6.83. The summed E-state index contributed by atoms with van der Waals surface area (Å²) in [5, 5.41) is 21.6. The van der Waals surface area contributed by atoms with Gasteiger partial charge in [-0.15, -0.1) is 10.2 Å². The summed E-state index contributed by atoms with van der Waals surface area (Å²) >= 11 is 0. The topological polar surface area (TPSA) is 71.2 Å². The summed E-state index contributed by atoms with van der Waals surface area (Å²) in [6.07, 6.45) is 5.07. The minimum absolute atomic E-state index is 0.125. The van der Waals surface area contributed by atoms with Crippen molar-refractivity contribution in [3.05, 3.63) is 36.2 Å².